The number of hydrogen-bond acceptors (Lipinski definition) is 5. The van der Waals surface area contributed by atoms with Crippen LogP contribution < -0.4 is 0 Å². The molecule has 1 amide bonds. The highest BCUT2D eigenvalue weighted by Gasteiger charge is 2.49. The highest BCUT2D eigenvalue weighted by atomic mass is 32.1. The van der Waals surface area contributed by atoms with E-state index in [2.05, 4.69) is 8.75 Å². The minimum absolute atomic E-state index is 0.232. The molecule has 1 aliphatic rings. The fourth-order valence-corrected chi connectivity index (χ4v) is 2.72. The van der Waals surface area contributed by atoms with Crippen molar-refractivity contribution in [1.29, 1.82) is 0 Å². The first kappa shape index (κ1) is 12.0. The predicted octanol–water partition coefficient (Wildman–Crippen LogP) is 1.01. The van der Waals surface area contributed by atoms with Gasteiger partial charge in [0.1, 0.15) is 5.54 Å². The number of hydrogen-bond donors (Lipinski definition) is 1. The summed E-state index contributed by atoms with van der Waals surface area (Å²) < 4.78 is 7.64. The number of carbonyl (C=O) groups is 2. The van der Waals surface area contributed by atoms with Gasteiger partial charge in [-0.2, -0.15) is 8.75 Å². The number of amides is 1. The van der Waals surface area contributed by atoms with Gasteiger partial charge < -0.3 is 10.0 Å². The Kier molecular flexibility index (Phi) is 3.10. The maximum absolute atomic E-state index is 12.2. The molecule has 6 nitrogen and oxygen atoms in total. The average Bonchev–Trinajstić information content (AvgIpc) is 2.97. The maximum atomic E-state index is 12.2. The molecule has 1 aromatic heterocycles. The number of carboxylic acid groups (broad SMARTS) is 1. The van der Waals surface area contributed by atoms with E-state index in [-0.39, 0.29) is 11.6 Å². The number of nitrogens with zero attached hydrogens (tertiary/aromatic N) is 3. The highest BCUT2D eigenvalue weighted by Crippen LogP contribution is 2.33. The molecule has 0 saturated carbocycles. The number of aromatic nitrogens is 2. The van der Waals surface area contributed by atoms with Crippen LogP contribution in [0.5, 0.6) is 0 Å². The summed E-state index contributed by atoms with van der Waals surface area (Å²) in [5, 5.41) is 9.35. The minimum atomic E-state index is -1.07. The Morgan fingerprint density at radius 2 is 2.41 bits per heavy atom. The molecule has 2 heterocycles. The second kappa shape index (κ2) is 4.40. The molecule has 1 aliphatic heterocycles. The van der Waals surface area contributed by atoms with Gasteiger partial charge in [0.25, 0.3) is 5.91 Å². The molecule has 7 heteroatoms. The second-order valence-electron chi connectivity index (χ2n) is 4.04. The topological polar surface area (TPSA) is 83.4 Å². The third-order valence-corrected chi connectivity index (χ3v) is 3.78. The normalized spacial score (nSPS) is 23.9. The van der Waals surface area contributed by atoms with E-state index in [1.54, 1.807) is 6.92 Å². The lowest BCUT2D eigenvalue weighted by molar-refractivity contribution is -0.148. The molecule has 1 atom stereocenters. The maximum Gasteiger partial charge on any atom is 0.329 e. The summed E-state index contributed by atoms with van der Waals surface area (Å²) in [6.07, 6.45) is 3.00. The molecular weight excluding hydrogens is 242 g/mol. The first-order valence-electron chi connectivity index (χ1n) is 5.45. The van der Waals surface area contributed by atoms with Crippen LogP contribution in [-0.4, -0.2) is 42.7 Å². The van der Waals surface area contributed by atoms with Gasteiger partial charge in [-0.05, 0) is 19.3 Å². The highest BCUT2D eigenvalue weighted by molar-refractivity contribution is 6.99. The standard InChI is InChI=1S/C10H13N3O3S/c1-2-10(9(15)16)4-3-5-13(10)8(14)7-6-11-17-12-7/h6H,2-5H2,1H3,(H,15,16). The van der Waals surface area contributed by atoms with Crippen molar-refractivity contribution in [3.05, 3.63) is 11.9 Å². The van der Waals surface area contributed by atoms with E-state index in [1.165, 1.54) is 11.1 Å². The van der Waals surface area contributed by atoms with Gasteiger partial charge in [0.15, 0.2) is 5.69 Å². The van der Waals surface area contributed by atoms with Crippen molar-refractivity contribution in [3.63, 3.8) is 0 Å². The molecule has 1 fully saturated rings. The lowest BCUT2D eigenvalue weighted by Gasteiger charge is -2.33. The van der Waals surface area contributed by atoms with E-state index in [0.29, 0.717) is 25.8 Å². The van der Waals surface area contributed by atoms with Crippen molar-refractivity contribution < 1.29 is 14.7 Å². The molecule has 0 radical (unpaired) electrons. The lowest BCUT2D eigenvalue weighted by atomic mass is 9.93. The van der Waals surface area contributed by atoms with Crippen LogP contribution in [0.2, 0.25) is 0 Å². The number of carbonyl (C=O) groups excluding carboxylic acids is 1. The molecule has 2 rings (SSSR count). The molecule has 1 N–H and O–H groups in total. The van der Waals surface area contributed by atoms with Crippen molar-refractivity contribution in [3.8, 4) is 0 Å². The first-order valence-corrected chi connectivity index (χ1v) is 6.18. The summed E-state index contributed by atoms with van der Waals surface area (Å²) in [6.45, 7) is 2.26. The fraction of sp³-hybridized carbons (Fsp3) is 0.600. The summed E-state index contributed by atoms with van der Waals surface area (Å²) in [5.41, 5.74) is -0.836. The largest absolute Gasteiger partial charge is 0.479 e. The lowest BCUT2D eigenvalue weighted by Crippen LogP contribution is -2.52. The Labute approximate surface area is 103 Å². The van der Waals surface area contributed by atoms with Gasteiger partial charge in [-0.3, -0.25) is 4.79 Å². The molecule has 0 spiro atoms. The van der Waals surface area contributed by atoms with Crippen LogP contribution in [0, 0.1) is 0 Å². The quantitative estimate of drug-likeness (QED) is 0.871. The SMILES string of the molecule is CCC1(C(=O)O)CCCN1C(=O)c1cnsn1. The van der Waals surface area contributed by atoms with Crippen molar-refractivity contribution >= 4 is 23.6 Å². The first-order chi connectivity index (χ1) is 8.12. The summed E-state index contributed by atoms with van der Waals surface area (Å²) in [4.78, 5) is 25.0. The van der Waals surface area contributed by atoms with E-state index in [0.717, 1.165) is 11.7 Å². The summed E-state index contributed by atoms with van der Waals surface area (Å²) in [5.74, 6) is -1.27. The Balaban J connectivity index is 2.31. The summed E-state index contributed by atoms with van der Waals surface area (Å²) in [7, 11) is 0. The van der Waals surface area contributed by atoms with Crippen LogP contribution in [0.15, 0.2) is 6.20 Å². The third-order valence-electron chi connectivity index (χ3n) is 3.30. The van der Waals surface area contributed by atoms with E-state index >= 15 is 0 Å². The van der Waals surface area contributed by atoms with Gasteiger partial charge in [-0.25, -0.2) is 4.79 Å². The molecular formula is C10H13N3O3S. The molecule has 1 unspecified atom stereocenters. The van der Waals surface area contributed by atoms with E-state index in [4.69, 9.17) is 0 Å². The Morgan fingerprint density at radius 1 is 1.65 bits per heavy atom. The van der Waals surface area contributed by atoms with Crippen molar-refractivity contribution in [1.82, 2.24) is 13.6 Å². The monoisotopic (exact) mass is 255 g/mol. The minimum Gasteiger partial charge on any atom is -0.479 e. The third kappa shape index (κ3) is 1.80. The van der Waals surface area contributed by atoms with Crippen LogP contribution in [0.1, 0.15) is 36.7 Å². The zero-order valence-electron chi connectivity index (χ0n) is 9.42. The van der Waals surface area contributed by atoms with Crippen molar-refractivity contribution in [2.45, 2.75) is 31.7 Å². The van der Waals surface area contributed by atoms with E-state index in [9.17, 15) is 14.7 Å². The molecule has 17 heavy (non-hydrogen) atoms. The van der Waals surface area contributed by atoms with Crippen LogP contribution in [0.25, 0.3) is 0 Å². The van der Waals surface area contributed by atoms with Crippen LogP contribution in [0.3, 0.4) is 0 Å². The Morgan fingerprint density at radius 3 is 2.94 bits per heavy atom. The Bertz CT molecular complexity index is 434. The van der Waals surface area contributed by atoms with Gasteiger partial charge in [-0.15, -0.1) is 0 Å². The Hall–Kier alpha value is -1.50. The number of likely N-dealkylation sites (tertiary alicyclic amines) is 1. The van der Waals surface area contributed by atoms with Crippen molar-refractivity contribution in [2.24, 2.45) is 0 Å². The number of aliphatic carboxylic acids is 1. The molecule has 92 valence electrons. The second-order valence-corrected chi connectivity index (χ2v) is 4.60. The van der Waals surface area contributed by atoms with Crippen molar-refractivity contribution in [2.75, 3.05) is 6.54 Å². The van der Waals surface area contributed by atoms with Crippen LogP contribution in [0.4, 0.5) is 0 Å². The van der Waals surface area contributed by atoms with Gasteiger partial charge in [0.05, 0.1) is 17.9 Å². The number of carboxylic acids is 1. The number of rotatable bonds is 3. The van der Waals surface area contributed by atoms with Gasteiger partial charge >= 0.3 is 5.97 Å². The zero-order valence-corrected chi connectivity index (χ0v) is 10.2. The smallest absolute Gasteiger partial charge is 0.329 e. The van der Waals surface area contributed by atoms with Crippen LogP contribution in [-0.2, 0) is 4.79 Å². The molecule has 0 aromatic carbocycles. The fourth-order valence-electron chi connectivity index (χ4n) is 2.31. The van der Waals surface area contributed by atoms with E-state index in [1.807, 2.05) is 0 Å². The molecule has 0 bridgehead atoms. The molecule has 0 aliphatic carbocycles. The van der Waals surface area contributed by atoms with Crippen LogP contribution >= 0.6 is 11.7 Å². The van der Waals surface area contributed by atoms with Gasteiger partial charge in [0.2, 0.25) is 0 Å². The van der Waals surface area contributed by atoms with Gasteiger partial charge in [0, 0.05) is 6.54 Å². The summed E-state index contributed by atoms with van der Waals surface area (Å²) >= 11 is 0.948. The molecule has 1 aromatic rings. The zero-order chi connectivity index (χ0) is 12.5. The average molecular weight is 255 g/mol. The van der Waals surface area contributed by atoms with E-state index < -0.39 is 11.5 Å². The van der Waals surface area contributed by atoms with Gasteiger partial charge in [-0.1, -0.05) is 6.92 Å². The summed E-state index contributed by atoms with van der Waals surface area (Å²) in [6, 6.07) is 0. The molecule has 1 saturated heterocycles. The predicted molar refractivity (Wildman–Crippen MR) is 60.8 cm³/mol.